The lowest BCUT2D eigenvalue weighted by molar-refractivity contribution is -0.0789. The third-order valence-electron chi connectivity index (χ3n) is 5.06. The monoisotopic (exact) mass is 259 g/mol. The highest BCUT2D eigenvalue weighted by molar-refractivity contribution is 5.45. The molecule has 1 heterocycles. The molecule has 0 unspecified atom stereocenters. The van der Waals surface area contributed by atoms with Crippen molar-refractivity contribution < 1.29 is 4.74 Å². The molecule has 2 fully saturated rings. The Hall–Kier alpha value is -0.860. The van der Waals surface area contributed by atoms with Gasteiger partial charge in [-0.15, -0.1) is 0 Å². The van der Waals surface area contributed by atoms with Crippen LogP contribution in [0.2, 0.25) is 0 Å². The van der Waals surface area contributed by atoms with Crippen molar-refractivity contribution in [3.8, 4) is 0 Å². The number of ether oxygens (including phenoxy) is 1. The Morgan fingerprint density at radius 3 is 2.21 bits per heavy atom. The van der Waals surface area contributed by atoms with E-state index < -0.39 is 0 Å². The predicted molar refractivity (Wildman–Crippen MR) is 78.5 cm³/mol. The molecule has 3 rings (SSSR count). The zero-order valence-electron chi connectivity index (χ0n) is 12.5. The Kier molecular flexibility index (Phi) is 2.65. The fourth-order valence-corrected chi connectivity index (χ4v) is 3.23. The molecule has 1 aromatic carbocycles. The van der Waals surface area contributed by atoms with Crippen molar-refractivity contribution in [1.82, 2.24) is 0 Å². The first-order valence-electron chi connectivity index (χ1n) is 7.27. The quantitative estimate of drug-likeness (QED) is 0.886. The van der Waals surface area contributed by atoms with Gasteiger partial charge < -0.3 is 10.5 Å². The predicted octanol–water partition coefficient (Wildman–Crippen LogP) is 3.05. The third-order valence-corrected chi connectivity index (χ3v) is 5.06. The Balaban J connectivity index is 2.09. The Bertz CT molecular complexity index is 504. The van der Waals surface area contributed by atoms with E-state index in [1.165, 1.54) is 16.7 Å². The summed E-state index contributed by atoms with van der Waals surface area (Å²) in [5, 5.41) is 0. The summed E-state index contributed by atoms with van der Waals surface area (Å²) in [7, 11) is 0. The Labute approximate surface area is 116 Å². The van der Waals surface area contributed by atoms with Gasteiger partial charge in [-0.25, -0.2) is 0 Å². The Morgan fingerprint density at radius 2 is 1.79 bits per heavy atom. The highest BCUT2D eigenvalue weighted by Crippen LogP contribution is 2.54. The second-order valence-corrected chi connectivity index (χ2v) is 7.51. The standard InChI is InChI=1S/C17H25NO/c1-12-5-6-13(15(2,3)4)9-14(12)16(10-19-11-16)17(18)7-8-17/h5-6,9H,7-8,10-11,18H2,1-4H3. The fraction of sp³-hybridized carbons (Fsp3) is 0.647. The van der Waals surface area contributed by atoms with Gasteiger partial charge in [-0.1, -0.05) is 39.0 Å². The summed E-state index contributed by atoms with van der Waals surface area (Å²) in [5.41, 5.74) is 11.0. The van der Waals surface area contributed by atoms with Crippen LogP contribution < -0.4 is 5.73 Å². The van der Waals surface area contributed by atoms with Crippen molar-refractivity contribution >= 4 is 0 Å². The first-order valence-corrected chi connectivity index (χ1v) is 7.27. The minimum atomic E-state index is -0.0213. The lowest BCUT2D eigenvalue weighted by atomic mass is 9.68. The minimum Gasteiger partial charge on any atom is -0.379 e. The van der Waals surface area contributed by atoms with Crippen molar-refractivity contribution in [2.24, 2.45) is 5.73 Å². The zero-order valence-corrected chi connectivity index (χ0v) is 12.5. The number of nitrogens with two attached hydrogens (primary N) is 1. The molecule has 1 aliphatic carbocycles. The van der Waals surface area contributed by atoms with E-state index in [9.17, 15) is 0 Å². The third kappa shape index (κ3) is 1.85. The largest absolute Gasteiger partial charge is 0.379 e. The molecule has 2 aliphatic rings. The SMILES string of the molecule is Cc1ccc(C(C)(C)C)cc1C1(C2(N)CC2)COC1. The topological polar surface area (TPSA) is 35.2 Å². The minimum absolute atomic E-state index is 0.0213. The van der Waals surface area contributed by atoms with Crippen molar-refractivity contribution in [3.63, 3.8) is 0 Å². The van der Waals surface area contributed by atoms with Gasteiger partial charge in [0.2, 0.25) is 0 Å². The molecule has 0 atom stereocenters. The van der Waals surface area contributed by atoms with Gasteiger partial charge in [0.05, 0.1) is 18.6 Å². The van der Waals surface area contributed by atoms with E-state index in [2.05, 4.69) is 45.9 Å². The summed E-state index contributed by atoms with van der Waals surface area (Å²) in [6.07, 6.45) is 2.27. The maximum atomic E-state index is 6.57. The number of rotatable bonds is 2. The molecule has 19 heavy (non-hydrogen) atoms. The first kappa shape index (κ1) is 13.1. The van der Waals surface area contributed by atoms with Crippen LogP contribution in [0, 0.1) is 6.92 Å². The molecule has 104 valence electrons. The van der Waals surface area contributed by atoms with Crippen LogP contribution in [0.3, 0.4) is 0 Å². The number of hydrogen-bond donors (Lipinski definition) is 1. The first-order chi connectivity index (χ1) is 8.79. The molecular formula is C17H25NO. The van der Waals surface area contributed by atoms with E-state index in [1.807, 2.05) is 0 Å². The molecule has 1 aliphatic heterocycles. The maximum absolute atomic E-state index is 6.57. The van der Waals surface area contributed by atoms with Gasteiger partial charge >= 0.3 is 0 Å². The van der Waals surface area contributed by atoms with E-state index in [0.717, 1.165) is 26.1 Å². The van der Waals surface area contributed by atoms with Crippen LogP contribution in [0.15, 0.2) is 18.2 Å². The van der Waals surface area contributed by atoms with Gasteiger partial charge in [0, 0.05) is 5.54 Å². The number of hydrogen-bond acceptors (Lipinski definition) is 2. The van der Waals surface area contributed by atoms with E-state index in [-0.39, 0.29) is 16.4 Å². The number of benzene rings is 1. The summed E-state index contributed by atoms with van der Waals surface area (Å²) in [4.78, 5) is 0. The molecule has 1 aromatic rings. The lowest BCUT2D eigenvalue weighted by Crippen LogP contribution is -2.61. The molecule has 2 heteroatoms. The molecule has 2 nitrogen and oxygen atoms in total. The van der Waals surface area contributed by atoms with Crippen LogP contribution in [-0.4, -0.2) is 18.8 Å². The molecule has 0 amide bonds. The highest BCUT2D eigenvalue weighted by atomic mass is 16.5. The van der Waals surface area contributed by atoms with Crippen molar-refractivity contribution in [3.05, 3.63) is 34.9 Å². The van der Waals surface area contributed by atoms with Crippen LogP contribution in [0.4, 0.5) is 0 Å². The van der Waals surface area contributed by atoms with Gasteiger partial charge in [0.25, 0.3) is 0 Å². The molecule has 0 spiro atoms. The molecule has 1 saturated heterocycles. The maximum Gasteiger partial charge on any atom is 0.0603 e. The van der Waals surface area contributed by atoms with Gasteiger partial charge in [-0.2, -0.15) is 0 Å². The van der Waals surface area contributed by atoms with Crippen LogP contribution in [0.25, 0.3) is 0 Å². The fourth-order valence-electron chi connectivity index (χ4n) is 3.23. The highest BCUT2D eigenvalue weighted by Gasteiger charge is 2.61. The van der Waals surface area contributed by atoms with Gasteiger partial charge in [-0.3, -0.25) is 0 Å². The van der Waals surface area contributed by atoms with Gasteiger partial charge in [0.1, 0.15) is 0 Å². The van der Waals surface area contributed by atoms with Gasteiger partial charge in [0.15, 0.2) is 0 Å². The van der Waals surface area contributed by atoms with E-state index in [0.29, 0.717) is 0 Å². The molecular weight excluding hydrogens is 234 g/mol. The summed E-state index contributed by atoms with van der Waals surface area (Å²) < 4.78 is 5.56. The average molecular weight is 259 g/mol. The van der Waals surface area contributed by atoms with Crippen molar-refractivity contribution in [2.75, 3.05) is 13.2 Å². The summed E-state index contributed by atoms with van der Waals surface area (Å²) >= 11 is 0. The number of aryl methyl sites for hydroxylation is 1. The molecule has 2 N–H and O–H groups in total. The normalized spacial score (nSPS) is 23.8. The average Bonchev–Trinajstić information content (AvgIpc) is 2.97. The molecule has 0 radical (unpaired) electrons. The van der Waals surface area contributed by atoms with Crippen LogP contribution in [0.5, 0.6) is 0 Å². The van der Waals surface area contributed by atoms with Gasteiger partial charge in [-0.05, 0) is 41.9 Å². The molecule has 0 bridgehead atoms. The molecule has 1 saturated carbocycles. The van der Waals surface area contributed by atoms with E-state index in [4.69, 9.17) is 10.5 Å². The smallest absolute Gasteiger partial charge is 0.0603 e. The Morgan fingerprint density at radius 1 is 1.16 bits per heavy atom. The summed E-state index contributed by atoms with van der Waals surface area (Å²) in [6, 6.07) is 6.88. The summed E-state index contributed by atoms with van der Waals surface area (Å²) in [5.74, 6) is 0. The second-order valence-electron chi connectivity index (χ2n) is 7.51. The summed E-state index contributed by atoms with van der Waals surface area (Å²) in [6.45, 7) is 10.6. The van der Waals surface area contributed by atoms with Crippen LogP contribution >= 0.6 is 0 Å². The van der Waals surface area contributed by atoms with Crippen molar-refractivity contribution in [1.29, 1.82) is 0 Å². The van der Waals surface area contributed by atoms with Crippen molar-refractivity contribution in [2.45, 2.75) is 56.9 Å². The van der Waals surface area contributed by atoms with Crippen LogP contribution in [-0.2, 0) is 15.6 Å². The van der Waals surface area contributed by atoms with Crippen LogP contribution in [0.1, 0.15) is 50.3 Å². The molecule has 0 aromatic heterocycles. The van der Waals surface area contributed by atoms with E-state index in [1.54, 1.807) is 0 Å². The second kappa shape index (κ2) is 3.83. The lowest BCUT2D eigenvalue weighted by Gasteiger charge is -2.48. The zero-order chi connectivity index (χ0) is 13.9. The van der Waals surface area contributed by atoms with E-state index >= 15 is 0 Å².